The van der Waals surface area contributed by atoms with Crippen LogP contribution in [0.1, 0.15) is 34.3 Å². The van der Waals surface area contributed by atoms with Gasteiger partial charge in [-0.05, 0) is 45.0 Å². The molecule has 1 N–H and O–H groups in total. The number of carbonyl (C=O) groups is 2. The first-order valence-corrected chi connectivity index (χ1v) is 10.4. The molecule has 9 heteroatoms. The monoisotopic (exact) mass is 446 g/mol. The van der Waals surface area contributed by atoms with Gasteiger partial charge >= 0.3 is 5.97 Å². The van der Waals surface area contributed by atoms with E-state index in [0.717, 1.165) is 23.4 Å². The number of thioether (sulfide) groups is 1. The Balaban J connectivity index is 1.68. The number of aromatic nitrogens is 1. The number of halogens is 2. The van der Waals surface area contributed by atoms with Crippen LogP contribution >= 0.6 is 11.8 Å². The molecule has 6 nitrogen and oxygen atoms in total. The third kappa shape index (κ3) is 5.29. The SMILES string of the molecule is Cc1noc(C)c1CSc1ccccc1C(=O)OC(C)C(=O)Nc1c(F)cccc1F. The van der Waals surface area contributed by atoms with Crippen LogP contribution in [0.25, 0.3) is 0 Å². The van der Waals surface area contributed by atoms with Gasteiger partial charge in [-0.25, -0.2) is 13.6 Å². The number of benzene rings is 2. The molecule has 0 saturated carbocycles. The lowest BCUT2D eigenvalue weighted by atomic mass is 10.2. The first-order valence-electron chi connectivity index (χ1n) is 9.37. The molecule has 0 aliphatic heterocycles. The summed E-state index contributed by atoms with van der Waals surface area (Å²) in [5.74, 6) is -2.18. The summed E-state index contributed by atoms with van der Waals surface area (Å²) in [6.07, 6.45) is -1.27. The summed E-state index contributed by atoms with van der Waals surface area (Å²) >= 11 is 1.40. The van der Waals surface area contributed by atoms with Gasteiger partial charge in [-0.1, -0.05) is 23.4 Å². The van der Waals surface area contributed by atoms with Gasteiger partial charge in [0.1, 0.15) is 23.1 Å². The topological polar surface area (TPSA) is 81.4 Å². The van der Waals surface area contributed by atoms with Crippen molar-refractivity contribution in [3.05, 3.63) is 76.7 Å². The molecule has 3 aromatic rings. The highest BCUT2D eigenvalue weighted by Crippen LogP contribution is 2.29. The van der Waals surface area contributed by atoms with Gasteiger partial charge in [0.25, 0.3) is 5.91 Å². The molecule has 1 heterocycles. The van der Waals surface area contributed by atoms with Crippen LogP contribution in [0.4, 0.5) is 14.5 Å². The second-order valence-electron chi connectivity index (χ2n) is 6.72. The van der Waals surface area contributed by atoms with Crippen molar-refractivity contribution in [2.75, 3.05) is 5.32 Å². The fourth-order valence-corrected chi connectivity index (χ4v) is 3.93. The van der Waals surface area contributed by atoms with Crippen molar-refractivity contribution in [2.45, 2.75) is 37.5 Å². The number of aryl methyl sites for hydroxylation is 2. The van der Waals surface area contributed by atoms with Crippen LogP contribution in [0.2, 0.25) is 0 Å². The third-order valence-corrected chi connectivity index (χ3v) is 5.62. The number of carbonyl (C=O) groups excluding carboxylic acids is 2. The minimum atomic E-state index is -1.27. The van der Waals surface area contributed by atoms with E-state index in [0.29, 0.717) is 16.4 Å². The van der Waals surface area contributed by atoms with Crippen molar-refractivity contribution >= 4 is 29.3 Å². The number of hydrogen-bond acceptors (Lipinski definition) is 6. The zero-order chi connectivity index (χ0) is 22.5. The van der Waals surface area contributed by atoms with Crippen molar-refractivity contribution in [3.8, 4) is 0 Å². The fourth-order valence-electron chi connectivity index (χ4n) is 2.74. The minimum absolute atomic E-state index is 0.274. The average molecular weight is 446 g/mol. The molecule has 1 unspecified atom stereocenters. The van der Waals surface area contributed by atoms with Crippen LogP contribution in [-0.2, 0) is 15.3 Å². The second-order valence-corrected chi connectivity index (χ2v) is 7.74. The van der Waals surface area contributed by atoms with Gasteiger partial charge in [0, 0.05) is 16.2 Å². The van der Waals surface area contributed by atoms with Crippen LogP contribution in [0, 0.1) is 25.5 Å². The number of anilines is 1. The van der Waals surface area contributed by atoms with Crippen molar-refractivity contribution in [1.29, 1.82) is 0 Å². The van der Waals surface area contributed by atoms with E-state index in [1.54, 1.807) is 24.3 Å². The first kappa shape index (κ1) is 22.5. The van der Waals surface area contributed by atoms with Gasteiger partial charge in [-0.3, -0.25) is 4.79 Å². The molecule has 0 saturated heterocycles. The van der Waals surface area contributed by atoms with Gasteiger partial charge in [-0.2, -0.15) is 0 Å². The Morgan fingerprint density at radius 3 is 2.45 bits per heavy atom. The predicted molar refractivity (Wildman–Crippen MR) is 112 cm³/mol. The molecule has 1 amide bonds. The minimum Gasteiger partial charge on any atom is -0.449 e. The Labute approximate surface area is 182 Å². The van der Waals surface area contributed by atoms with Crippen molar-refractivity contribution in [1.82, 2.24) is 5.16 Å². The summed E-state index contributed by atoms with van der Waals surface area (Å²) < 4.78 is 37.9. The number of esters is 1. The number of hydrogen-bond donors (Lipinski definition) is 1. The molecule has 0 bridgehead atoms. The number of amides is 1. The molecule has 0 spiro atoms. The quantitative estimate of drug-likeness (QED) is 0.404. The molecule has 0 aliphatic rings. The Bertz CT molecular complexity index is 1080. The zero-order valence-electron chi connectivity index (χ0n) is 17.1. The van der Waals surface area contributed by atoms with E-state index < -0.39 is 35.3 Å². The van der Waals surface area contributed by atoms with Crippen LogP contribution in [0.5, 0.6) is 0 Å². The molecular weight excluding hydrogens is 426 g/mol. The Morgan fingerprint density at radius 2 is 1.81 bits per heavy atom. The maximum Gasteiger partial charge on any atom is 0.340 e. The van der Waals surface area contributed by atoms with E-state index in [1.165, 1.54) is 24.8 Å². The van der Waals surface area contributed by atoms with Crippen molar-refractivity contribution < 1.29 is 27.6 Å². The smallest absolute Gasteiger partial charge is 0.340 e. The van der Waals surface area contributed by atoms with E-state index in [1.807, 2.05) is 13.8 Å². The molecule has 0 radical (unpaired) electrons. The lowest BCUT2D eigenvalue weighted by molar-refractivity contribution is -0.123. The van der Waals surface area contributed by atoms with E-state index in [-0.39, 0.29) is 5.56 Å². The van der Waals surface area contributed by atoms with Crippen LogP contribution in [-0.4, -0.2) is 23.1 Å². The van der Waals surface area contributed by atoms with Crippen LogP contribution < -0.4 is 5.32 Å². The Kier molecular flexibility index (Phi) is 7.06. The summed E-state index contributed by atoms with van der Waals surface area (Å²) in [7, 11) is 0. The molecule has 1 atom stereocenters. The summed E-state index contributed by atoms with van der Waals surface area (Å²) in [6.45, 7) is 4.98. The lowest BCUT2D eigenvalue weighted by Gasteiger charge is -2.15. The molecule has 0 fully saturated rings. The lowest BCUT2D eigenvalue weighted by Crippen LogP contribution is -2.30. The van der Waals surface area contributed by atoms with E-state index in [2.05, 4.69) is 10.5 Å². The summed E-state index contributed by atoms with van der Waals surface area (Å²) in [5, 5.41) is 6.03. The largest absolute Gasteiger partial charge is 0.449 e. The number of nitrogens with one attached hydrogen (secondary N) is 1. The second kappa shape index (κ2) is 9.74. The van der Waals surface area contributed by atoms with E-state index >= 15 is 0 Å². The van der Waals surface area contributed by atoms with Crippen molar-refractivity contribution in [3.63, 3.8) is 0 Å². The number of nitrogens with zero attached hydrogens (tertiary/aromatic N) is 1. The molecular formula is C22H20F2N2O4S. The molecule has 1 aromatic heterocycles. The van der Waals surface area contributed by atoms with Gasteiger partial charge in [0.15, 0.2) is 6.10 Å². The molecule has 2 aromatic carbocycles. The summed E-state index contributed by atoms with van der Waals surface area (Å²) in [4.78, 5) is 25.6. The number of para-hydroxylation sites is 1. The maximum absolute atomic E-state index is 13.7. The van der Waals surface area contributed by atoms with Gasteiger partial charge < -0.3 is 14.6 Å². The van der Waals surface area contributed by atoms with Gasteiger partial charge in [0.05, 0.1) is 11.3 Å². The standard InChI is InChI=1S/C22H20F2N2O4S/c1-12-16(13(2)30-26-12)11-31-19-10-5-4-7-15(19)22(28)29-14(3)21(27)25-20-17(23)8-6-9-18(20)24/h4-10,14H,11H2,1-3H3,(H,25,27). The summed E-state index contributed by atoms with van der Waals surface area (Å²) in [6, 6.07) is 10.0. The zero-order valence-corrected chi connectivity index (χ0v) is 17.9. The van der Waals surface area contributed by atoms with Crippen LogP contribution in [0.15, 0.2) is 51.9 Å². The van der Waals surface area contributed by atoms with Crippen LogP contribution in [0.3, 0.4) is 0 Å². The molecule has 162 valence electrons. The van der Waals surface area contributed by atoms with Crippen molar-refractivity contribution in [2.24, 2.45) is 0 Å². The Hall–Kier alpha value is -3.20. The average Bonchev–Trinajstić information content (AvgIpc) is 3.06. The first-order chi connectivity index (χ1) is 14.8. The molecule has 3 rings (SSSR count). The van der Waals surface area contributed by atoms with E-state index in [4.69, 9.17) is 9.26 Å². The number of ether oxygens (including phenoxy) is 1. The van der Waals surface area contributed by atoms with Gasteiger partial charge in [0.2, 0.25) is 0 Å². The highest BCUT2D eigenvalue weighted by Gasteiger charge is 2.23. The number of rotatable bonds is 7. The molecule has 31 heavy (non-hydrogen) atoms. The van der Waals surface area contributed by atoms with Gasteiger partial charge in [-0.15, -0.1) is 11.8 Å². The maximum atomic E-state index is 13.7. The highest BCUT2D eigenvalue weighted by atomic mass is 32.2. The van der Waals surface area contributed by atoms with E-state index in [9.17, 15) is 18.4 Å². The predicted octanol–water partition coefficient (Wildman–Crippen LogP) is 5.05. The normalized spacial score (nSPS) is 11.8. The fraction of sp³-hybridized carbons (Fsp3) is 0.227. The Morgan fingerprint density at radius 1 is 1.13 bits per heavy atom. The molecule has 0 aliphatic carbocycles. The highest BCUT2D eigenvalue weighted by molar-refractivity contribution is 7.98. The summed E-state index contributed by atoms with van der Waals surface area (Å²) in [5.41, 5.74) is 1.39. The third-order valence-electron chi connectivity index (χ3n) is 4.52.